The fourth-order valence-electron chi connectivity index (χ4n) is 2.50. The highest BCUT2D eigenvalue weighted by molar-refractivity contribution is 7.91. The molecular weight excluding hydrogens is 286 g/mol. The molecule has 2 rings (SSSR count). The number of piperidine rings is 1. The zero-order valence-corrected chi connectivity index (χ0v) is 12.7. The number of sulfonamides is 1. The number of hydrogen-bond donors (Lipinski definition) is 2. The van der Waals surface area contributed by atoms with Crippen molar-refractivity contribution in [3.63, 3.8) is 0 Å². The van der Waals surface area contributed by atoms with Crippen LogP contribution in [0.2, 0.25) is 0 Å². The molecule has 0 bridgehead atoms. The van der Waals surface area contributed by atoms with Gasteiger partial charge < -0.3 is 10.7 Å². The standard InChI is InChI=1S/C11H19N3O3S2/c1-7(12)9-5-3-4-6-14(9)19(16,17)10-8(2)13-11(15)18-10/h7,9H,3-6,12H2,1-2H3,(H,13,15). The molecule has 1 aliphatic rings. The number of nitrogens with one attached hydrogen (secondary N) is 1. The Morgan fingerprint density at radius 2 is 2.16 bits per heavy atom. The second kappa shape index (κ2) is 5.35. The summed E-state index contributed by atoms with van der Waals surface area (Å²) in [5.74, 6) is 0. The maximum absolute atomic E-state index is 12.7. The summed E-state index contributed by atoms with van der Waals surface area (Å²) in [6, 6.07) is -0.401. The number of nitrogens with zero attached hydrogens (tertiary/aromatic N) is 1. The fourth-order valence-corrected chi connectivity index (χ4v) is 5.68. The minimum Gasteiger partial charge on any atom is -0.326 e. The Morgan fingerprint density at radius 3 is 2.68 bits per heavy atom. The van der Waals surface area contributed by atoms with Crippen molar-refractivity contribution < 1.29 is 8.42 Å². The van der Waals surface area contributed by atoms with Crippen LogP contribution in [-0.4, -0.2) is 36.3 Å². The number of nitrogens with two attached hydrogens (primary N) is 1. The van der Waals surface area contributed by atoms with Crippen molar-refractivity contribution in [2.45, 2.75) is 49.4 Å². The first kappa shape index (κ1) is 14.7. The molecule has 1 aromatic heterocycles. The first-order valence-corrected chi connectivity index (χ1v) is 8.57. The van der Waals surface area contributed by atoms with Crippen LogP contribution in [-0.2, 0) is 10.0 Å². The predicted octanol–water partition coefficient (Wildman–Crippen LogP) is 0.635. The second-order valence-electron chi connectivity index (χ2n) is 4.96. The van der Waals surface area contributed by atoms with Gasteiger partial charge in [-0.15, -0.1) is 0 Å². The molecule has 6 nitrogen and oxygen atoms in total. The molecule has 0 aromatic carbocycles. The highest BCUT2D eigenvalue weighted by Crippen LogP contribution is 2.28. The van der Waals surface area contributed by atoms with Gasteiger partial charge in [0.15, 0.2) is 4.21 Å². The van der Waals surface area contributed by atoms with Crippen LogP contribution in [0, 0.1) is 6.92 Å². The average molecular weight is 305 g/mol. The second-order valence-corrected chi connectivity index (χ2v) is 8.03. The Bertz CT molecular complexity index is 603. The van der Waals surface area contributed by atoms with Gasteiger partial charge in [-0.05, 0) is 26.7 Å². The Kier molecular flexibility index (Phi) is 4.14. The van der Waals surface area contributed by atoms with E-state index in [9.17, 15) is 13.2 Å². The van der Waals surface area contributed by atoms with Crippen molar-refractivity contribution in [1.82, 2.24) is 9.29 Å². The molecule has 1 aromatic rings. The van der Waals surface area contributed by atoms with Gasteiger partial charge in [0.05, 0.1) is 0 Å². The smallest absolute Gasteiger partial charge is 0.305 e. The molecule has 0 saturated carbocycles. The molecule has 1 fully saturated rings. The van der Waals surface area contributed by atoms with Crippen LogP contribution in [0.25, 0.3) is 0 Å². The van der Waals surface area contributed by atoms with Crippen molar-refractivity contribution >= 4 is 21.4 Å². The van der Waals surface area contributed by atoms with Crippen LogP contribution in [0.4, 0.5) is 0 Å². The summed E-state index contributed by atoms with van der Waals surface area (Å²) in [7, 11) is -3.63. The Balaban J connectivity index is 2.43. The quantitative estimate of drug-likeness (QED) is 0.856. The summed E-state index contributed by atoms with van der Waals surface area (Å²) in [6.07, 6.45) is 2.59. The molecular formula is C11H19N3O3S2. The first-order chi connectivity index (χ1) is 8.84. The molecule has 2 atom stereocenters. The van der Waals surface area contributed by atoms with Crippen molar-refractivity contribution in [3.8, 4) is 0 Å². The molecule has 0 amide bonds. The molecule has 2 heterocycles. The van der Waals surface area contributed by atoms with Crippen molar-refractivity contribution in [1.29, 1.82) is 0 Å². The van der Waals surface area contributed by atoms with E-state index in [1.165, 1.54) is 4.31 Å². The van der Waals surface area contributed by atoms with Gasteiger partial charge in [-0.3, -0.25) is 4.79 Å². The lowest BCUT2D eigenvalue weighted by molar-refractivity contribution is 0.227. The van der Waals surface area contributed by atoms with E-state index >= 15 is 0 Å². The van der Waals surface area contributed by atoms with Crippen molar-refractivity contribution in [2.24, 2.45) is 5.73 Å². The molecule has 19 heavy (non-hydrogen) atoms. The van der Waals surface area contributed by atoms with E-state index in [0.717, 1.165) is 30.6 Å². The van der Waals surface area contributed by atoms with E-state index in [2.05, 4.69) is 4.98 Å². The highest BCUT2D eigenvalue weighted by atomic mass is 32.2. The molecule has 1 aliphatic heterocycles. The van der Waals surface area contributed by atoms with E-state index < -0.39 is 10.0 Å². The molecule has 0 radical (unpaired) electrons. The van der Waals surface area contributed by atoms with E-state index in [4.69, 9.17) is 5.73 Å². The Labute approximate surface area is 116 Å². The number of aryl methyl sites for hydroxylation is 1. The van der Waals surface area contributed by atoms with Crippen molar-refractivity contribution in [3.05, 3.63) is 15.4 Å². The molecule has 0 spiro atoms. The minimum absolute atomic E-state index is 0.116. The van der Waals surface area contributed by atoms with Gasteiger partial charge in [0.1, 0.15) is 0 Å². The maximum Gasteiger partial charge on any atom is 0.305 e. The van der Waals surface area contributed by atoms with Gasteiger partial charge in [0, 0.05) is 24.3 Å². The van der Waals surface area contributed by atoms with Crippen molar-refractivity contribution in [2.75, 3.05) is 6.54 Å². The number of rotatable bonds is 3. The Hall–Kier alpha value is -0.700. The largest absolute Gasteiger partial charge is 0.326 e. The fraction of sp³-hybridized carbons (Fsp3) is 0.727. The van der Waals surface area contributed by atoms with Crippen LogP contribution in [0.1, 0.15) is 31.9 Å². The van der Waals surface area contributed by atoms with Crippen LogP contribution in [0.3, 0.4) is 0 Å². The summed E-state index contributed by atoms with van der Waals surface area (Å²) in [5.41, 5.74) is 6.31. The zero-order valence-electron chi connectivity index (χ0n) is 11.0. The van der Waals surface area contributed by atoms with Gasteiger partial charge >= 0.3 is 4.87 Å². The summed E-state index contributed by atoms with van der Waals surface area (Å²) < 4.78 is 26.9. The lowest BCUT2D eigenvalue weighted by Crippen LogP contribution is -2.51. The predicted molar refractivity (Wildman–Crippen MR) is 74.9 cm³/mol. The van der Waals surface area contributed by atoms with E-state index in [0.29, 0.717) is 12.2 Å². The van der Waals surface area contributed by atoms with Gasteiger partial charge in [0.25, 0.3) is 10.0 Å². The van der Waals surface area contributed by atoms with Gasteiger partial charge in [-0.1, -0.05) is 17.8 Å². The third kappa shape index (κ3) is 2.76. The third-order valence-electron chi connectivity index (χ3n) is 3.43. The number of aromatic nitrogens is 1. The minimum atomic E-state index is -3.63. The number of H-pyrrole nitrogens is 1. The monoisotopic (exact) mass is 305 g/mol. The molecule has 8 heteroatoms. The molecule has 1 saturated heterocycles. The number of thiazole rings is 1. The molecule has 108 valence electrons. The number of aromatic amines is 1. The molecule has 3 N–H and O–H groups in total. The topological polar surface area (TPSA) is 96.3 Å². The zero-order chi connectivity index (χ0) is 14.2. The van der Waals surface area contributed by atoms with Crippen LogP contribution in [0.5, 0.6) is 0 Å². The summed E-state index contributed by atoms with van der Waals surface area (Å²) in [6.45, 7) is 3.90. The van der Waals surface area contributed by atoms with Gasteiger partial charge in [-0.2, -0.15) is 4.31 Å². The van der Waals surface area contributed by atoms with E-state index in [1.807, 2.05) is 6.92 Å². The molecule has 2 unspecified atom stereocenters. The lowest BCUT2D eigenvalue weighted by Gasteiger charge is -2.36. The number of hydrogen-bond acceptors (Lipinski definition) is 5. The summed E-state index contributed by atoms with van der Waals surface area (Å²) in [4.78, 5) is 13.5. The normalized spacial score (nSPS) is 23.4. The van der Waals surface area contributed by atoms with Gasteiger partial charge in [0.2, 0.25) is 0 Å². The van der Waals surface area contributed by atoms with E-state index in [-0.39, 0.29) is 21.2 Å². The summed E-state index contributed by atoms with van der Waals surface area (Å²) in [5, 5.41) is 0. The van der Waals surface area contributed by atoms with Crippen LogP contribution in [0.15, 0.2) is 9.00 Å². The Morgan fingerprint density at radius 1 is 1.47 bits per heavy atom. The SMILES string of the molecule is Cc1[nH]c(=O)sc1S(=O)(=O)N1CCCCC1C(C)N. The van der Waals surface area contributed by atoms with Crippen LogP contribution >= 0.6 is 11.3 Å². The average Bonchev–Trinajstić information content (AvgIpc) is 2.69. The van der Waals surface area contributed by atoms with Gasteiger partial charge in [-0.25, -0.2) is 8.42 Å². The molecule has 0 aliphatic carbocycles. The van der Waals surface area contributed by atoms with E-state index in [1.54, 1.807) is 6.92 Å². The first-order valence-electron chi connectivity index (χ1n) is 6.31. The highest BCUT2D eigenvalue weighted by Gasteiger charge is 2.37. The summed E-state index contributed by atoms with van der Waals surface area (Å²) >= 11 is 0.747. The lowest BCUT2D eigenvalue weighted by atomic mass is 10.00. The van der Waals surface area contributed by atoms with Crippen LogP contribution < -0.4 is 10.6 Å². The maximum atomic E-state index is 12.7. The third-order valence-corrected chi connectivity index (χ3v) is 6.94.